The third-order valence-corrected chi connectivity index (χ3v) is 5.34. The van der Waals surface area contributed by atoms with Gasteiger partial charge in [0.05, 0.1) is 15.7 Å². The highest BCUT2D eigenvalue weighted by Gasteiger charge is 2.20. The molecule has 2 heterocycles. The molecular formula is C17H16BrN5S. The Morgan fingerprint density at radius 2 is 1.96 bits per heavy atom. The number of nitrogens with zero attached hydrogens (tertiary/aromatic N) is 4. The van der Waals surface area contributed by atoms with E-state index in [1.165, 1.54) is 0 Å². The third-order valence-electron chi connectivity index (χ3n) is 3.89. The molecule has 1 N–H and O–H groups in total. The predicted molar refractivity (Wildman–Crippen MR) is 102 cm³/mol. The van der Waals surface area contributed by atoms with E-state index in [0.717, 1.165) is 30.9 Å². The molecule has 7 heteroatoms. The van der Waals surface area contributed by atoms with E-state index in [-0.39, 0.29) is 6.17 Å². The van der Waals surface area contributed by atoms with Crippen molar-refractivity contribution in [3.05, 3.63) is 46.9 Å². The minimum absolute atomic E-state index is 0.0126. The monoisotopic (exact) mass is 401 g/mol. The lowest BCUT2D eigenvalue weighted by Crippen LogP contribution is -2.24. The van der Waals surface area contributed by atoms with Crippen LogP contribution in [0.3, 0.4) is 0 Å². The number of rotatable bonds is 4. The Morgan fingerprint density at radius 1 is 1.12 bits per heavy atom. The van der Waals surface area contributed by atoms with Gasteiger partial charge in [0.2, 0.25) is 0 Å². The van der Waals surface area contributed by atoms with Crippen molar-refractivity contribution < 1.29 is 0 Å². The number of para-hydroxylation sites is 1. The summed E-state index contributed by atoms with van der Waals surface area (Å²) in [6.07, 6.45) is -0.0126. The molecule has 1 atom stereocenters. The van der Waals surface area contributed by atoms with E-state index in [4.69, 9.17) is 4.98 Å². The fourth-order valence-electron chi connectivity index (χ4n) is 2.69. The van der Waals surface area contributed by atoms with Crippen molar-refractivity contribution in [2.75, 3.05) is 5.32 Å². The molecule has 0 radical (unpaired) electrons. The second-order valence-corrected chi connectivity index (χ2v) is 7.93. The summed E-state index contributed by atoms with van der Waals surface area (Å²) in [5.41, 5.74) is 2.92. The zero-order chi connectivity index (χ0) is 16.7. The number of hydrogen-bond donors (Lipinski definition) is 1. The minimum Gasteiger partial charge on any atom is -0.339 e. The number of halogens is 1. The van der Waals surface area contributed by atoms with Crippen LogP contribution in [-0.2, 0) is 0 Å². The van der Waals surface area contributed by atoms with E-state index in [0.29, 0.717) is 5.92 Å². The first-order valence-electron chi connectivity index (χ1n) is 7.74. The number of hydrogen-bond acceptors (Lipinski definition) is 5. The molecule has 0 spiro atoms. The summed E-state index contributed by atoms with van der Waals surface area (Å²) >= 11 is 5.16. The number of fused-ring (bicyclic) bond motifs is 2. The Balaban J connectivity index is 1.72. The molecule has 24 heavy (non-hydrogen) atoms. The average Bonchev–Trinajstić information content (AvgIpc) is 3.15. The van der Waals surface area contributed by atoms with Crippen LogP contribution in [0.2, 0.25) is 0 Å². The molecule has 0 aliphatic heterocycles. The number of nitrogens with one attached hydrogen (secondary N) is 1. The van der Waals surface area contributed by atoms with Gasteiger partial charge in [-0.3, -0.25) is 0 Å². The molecule has 4 rings (SSSR count). The molecule has 0 bridgehead atoms. The van der Waals surface area contributed by atoms with Crippen LogP contribution >= 0.6 is 27.3 Å². The molecule has 2 aromatic carbocycles. The summed E-state index contributed by atoms with van der Waals surface area (Å²) in [6.45, 7) is 4.33. The summed E-state index contributed by atoms with van der Waals surface area (Å²) in [5.74, 6) is 0.328. The van der Waals surface area contributed by atoms with Crippen LogP contribution in [0.5, 0.6) is 0 Å². The Bertz CT molecular complexity index is 1010. The smallest absolute Gasteiger partial charge is 0.185 e. The van der Waals surface area contributed by atoms with Gasteiger partial charge >= 0.3 is 0 Å². The van der Waals surface area contributed by atoms with Crippen molar-refractivity contribution in [2.45, 2.75) is 20.0 Å². The van der Waals surface area contributed by atoms with Crippen molar-refractivity contribution in [1.29, 1.82) is 0 Å². The van der Waals surface area contributed by atoms with E-state index in [2.05, 4.69) is 51.5 Å². The fraction of sp³-hybridized carbons (Fsp3) is 0.235. The van der Waals surface area contributed by atoms with Crippen LogP contribution in [0.25, 0.3) is 21.3 Å². The Kier molecular flexibility index (Phi) is 3.97. The predicted octanol–water partition coefficient (Wildman–Crippen LogP) is 5.07. The van der Waals surface area contributed by atoms with E-state index in [9.17, 15) is 0 Å². The van der Waals surface area contributed by atoms with Crippen molar-refractivity contribution in [1.82, 2.24) is 20.0 Å². The lowest BCUT2D eigenvalue weighted by atomic mass is 10.1. The van der Waals surface area contributed by atoms with E-state index in [1.807, 2.05) is 41.1 Å². The van der Waals surface area contributed by atoms with Gasteiger partial charge in [-0.25, -0.2) is 9.67 Å². The molecule has 0 aliphatic rings. The van der Waals surface area contributed by atoms with Crippen LogP contribution in [0.4, 0.5) is 5.13 Å². The van der Waals surface area contributed by atoms with Crippen molar-refractivity contribution in [2.24, 2.45) is 5.92 Å². The van der Waals surface area contributed by atoms with E-state index < -0.39 is 0 Å². The number of thiazole rings is 1. The molecular weight excluding hydrogens is 386 g/mol. The Hall–Kier alpha value is -1.99. The summed E-state index contributed by atoms with van der Waals surface area (Å²) in [5, 5.41) is 13.0. The van der Waals surface area contributed by atoms with E-state index >= 15 is 0 Å². The fourth-order valence-corrected chi connectivity index (χ4v) is 4.14. The summed E-state index contributed by atoms with van der Waals surface area (Å²) < 4.78 is 4.16. The van der Waals surface area contributed by atoms with Gasteiger partial charge in [-0.2, -0.15) is 0 Å². The van der Waals surface area contributed by atoms with Crippen LogP contribution in [0.1, 0.15) is 20.0 Å². The first kappa shape index (κ1) is 15.5. The maximum Gasteiger partial charge on any atom is 0.185 e. The van der Waals surface area contributed by atoms with Gasteiger partial charge in [-0.1, -0.05) is 58.5 Å². The summed E-state index contributed by atoms with van der Waals surface area (Å²) in [4.78, 5) is 4.69. The van der Waals surface area contributed by atoms with Gasteiger partial charge in [0.25, 0.3) is 0 Å². The topological polar surface area (TPSA) is 55.6 Å². The molecule has 1 unspecified atom stereocenters. The average molecular weight is 402 g/mol. The van der Waals surface area contributed by atoms with Gasteiger partial charge in [0.1, 0.15) is 11.7 Å². The molecule has 2 aromatic heterocycles. The van der Waals surface area contributed by atoms with Crippen LogP contribution in [0, 0.1) is 5.92 Å². The number of aromatic nitrogens is 4. The maximum atomic E-state index is 4.69. The first-order valence-corrected chi connectivity index (χ1v) is 9.35. The molecule has 0 aliphatic carbocycles. The highest BCUT2D eigenvalue weighted by molar-refractivity contribution is 9.10. The summed E-state index contributed by atoms with van der Waals surface area (Å²) in [6, 6.07) is 14.1. The summed E-state index contributed by atoms with van der Waals surface area (Å²) in [7, 11) is 0. The highest BCUT2D eigenvalue weighted by atomic mass is 79.9. The number of benzene rings is 2. The minimum atomic E-state index is -0.0126. The zero-order valence-corrected chi connectivity index (χ0v) is 15.7. The quantitative estimate of drug-likeness (QED) is 0.518. The molecule has 4 aromatic rings. The standard InChI is InChI=1S/C17H16BrN5S/c1-10(2)16(23-14-6-4-3-5-12(14)21-22-23)20-17-19-13-8-7-11(18)9-15(13)24-17/h3-10,16H,1-2H3,(H,19,20). The van der Waals surface area contributed by atoms with E-state index in [1.54, 1.807) is 11.3 Å². The van der Waals surface area contributed by atoms with Crippen LogP contribution < -0.4 is 5.32 Å². The van der Waals surface area contributed by atoms with Gasteiger partial charge in [-0.15, -0.1) is 5.10 Å². The van der Waals surface area contributed by atoms with Gasteiger partial charge in [-0.05, 0) is 36.2 Å². The third kappa shape index (κ3) is 2.78. The molecule has 0 saturated carbocycles. The first-order chi connectivity index (χ1) is 11.6. The molecule has 0 saturated heterocycles. The van der Waals surface area contributed by atoms with Crippen molar-refractivity contribution in [3.63, 3.8) is 0 Å². The highest BCUT2D eigenvalue weighted by Crippen LogP contribution is 2.31. The largest absolute Gasteiger partial charge is 0.339 e. The zero-order valence-electron chi connectivity index (χ0n) is 13.3. The normalized spacial score (nSPS) is 13.0. The van der Waals surface area contributed by atoms with Crippen molar-refractivity contribution >= 4 is 53.6 Å². The Morgan fingerprint density at radius 3 is 2.79 bits per heavy atom. The second-order valence-electron chi connectivity index (χ2n) is 5.99. The SMILES string of the molecule is CC(C)C(Nc1nc2ccc(Br)cc2s1)n1nnc2ccccc21. The van der Waals surface area contributed by atoms with Crippen molar-refractivity contribution in [3.8, 4) is 0 Å². The molecule has 0 amide bonds. The second kappa shape index (κ2) is 6.14. The lowest BCUT2D eigenvalue weighted by Gasteiger charge is -2.22. The van der Waals surface area contributed by atoms with Crippen LogP contribution in [-0.4, -0.2) is 20.0 Å². The van der Waals surface area contributed by atoms with Gasteiger partial charge in [0, 0.05) is 4.47 Å². The van der Waals surface area contributed by atoms with Gasteiger partial charge in [0.15, 0.2) is 5.13 Å². The van der Waals surface area contributed by atoms with Gasteiger partial charge < -0.3 is 5.32 Å². The van der Waals surface area contributed by atoms with Crippen LogP contribution in [0.15, 0.2) is 46.9 Å². The molecule has 122 valence electrons. The lowest BCUT2D eigenvalue weighted by molar-refractivity contribution is 0.388. The maximum absolute atomic E-state index is 4.69. The Labute approximate surface area is 151 Å². The molecule has 0 fully saturated rings. The molecule has 5 nitrogen and oxygen atoms in total. The number of anilines is 1.